The number of piperidine rings is 1. The zero-order valence-electron chi connectivity index (χ0n) is 10.2. The maximum atomic E-state index is 10.1. The summed E-state index contributed by atoms with van der Waals surface area (Å²) in [6, 6.07) is 0.462. The topological polar surface area (TPSA) is 23.5 Å². The van der Waals surface area contributed by atoms with Crippen molar-refractivity contribution in [3.63, 3.8) is 0 Å². The molecule has 15 heavy (non-hydrogen) atoms. The molecule has 0 spiro atoms. The van der Waals surface area contributed by atoms with Crippen LogP contribution in [0.5, 0.6) is 0 Å². The van der Waals surface area contributed by atoms with Crippen molar-refractivity contribution in [2.75, 3.05) is 13.1 Å². The van der Waals surface area contributed by atoms with E-state index in [4.69, 9.17) is 0 Å². The van der Waals surface area contributed by atoms with Crippen LogP contribution in [0.15, 0.2) is 0 Å². The predicted molar refractivity (Wildman–Crippen MR) is 62.8 cm³/mol. The Bertz CT molecular complexity index is 197. The number of rotatable bonds is 1. The summed E-state index contributed by atoms with van der Waals surface area (Å²) in [5.74, 6) is 1.62. The van der Waals surface area contributed by atoms with Crippen LogP contribution in [0.3, 0.4) is 0 Å². The first-order valence-electron chi connectivity index (χ1n) is 6.59. The number of hydrogen-bond donors (Lipinski definition) is 1. The summed E-state index contributed by atoms with van der Waals surface area (Å²) in [7, 11) is 0. The Morgan fingerprint density at radius 3 is 2.20 bits per heavy atom. The van der Waals surface area contributed by atoms with Crippen LogP contribution in [0.2, 0.25) is 0 Å². The molecule has 4 atom stereocenters. The number of hydrogen-bond acceptors (Lipinski definition) is 2. The van der Waals surface area contributed by atoms with Crippen LogP contribution in [-0.2, 0) is 0 Å². The molecule has 1 saturated carbocycles. The molecule has 2 unspecified atom stereocenters. The third kappa shape index (κ3) is 2.73. The Kier molecular flexibility index (Phi) is 3.68. The summed E-state index contributed by atoms with van der Waals surface area (Å²) in [5, 5.41) is 10.1. The number of nitrogens with zero attached hydrogens (tertiary/aromatic N) is 1. The summed E-state index contributed by atoms with van der Waals surface area (Å²) in [5.41, 5.74) is 0. The lowest BCUT2D eigenvalue weighted by molar-refractivity contribution is -0.00903. The Hall–Kier alpha value is -0.0800. The highest BCUT2D eigenvalue weighted by atomic mass is 16.3. The Morgan fingerprint density at radius 1 is 1.00 bits per heavy atom. The lowest BCUT2D eigenvalue weighted by Gasteiger charge is -2.43. The highest BCUT2D eigenvalue weighted by Crippen LogP contribution is 2.29. The van der Waals surface area contributed by atoms with Gasteiger partial charge in [0, 0.05) is 19.1 Å². The minimum Gasteiger partial charge on any atom is -0.391 e. The maximum absolute atomic E-state index is 10.1. The summed E-state index contributed by atoms with van der Waals surface area (Å²) in [6.07, 6.45) is 6.05. The van der Waals surface area contributed by atoms with Gasteiger partial charge in [-0.3, -0.25) is 4.90 Å². The molecule has 0 aromatic heterocycles. The largest absolute Gasteiger partial charge is 0.391 e. The van der Waals surface area contributed by atoms with Gasteiger partial charge in [-0.25, -0.2) is 0 Å². The van der Waals surface area contributed by atoms with Crippen molar-refractivity contribution in [2.24, 2.45) is 11.8 Å². The van der Waals surface area contributed by atoms with Gasteiger partial charge in [0.25, 0.3) is 0 Å². The third-order valence-corrected chi connectivity index (χ3v) is 4.06. The van der Waals surface area contributed by atoms with Gasteiger partial charge in [0.15, 0.2) is 0 Å². The van der Waals surface area contributed by atoms with E-state index >= 15 is 0 Å². The van der Waals surface area contributed by atoms with E-state index in [1.165, 1.54) is 38.8 Å². The lowest BCUT2D eigenvalue weighted by atomic mass is 9.86. The normalized spacial score (nSPS) is 44.2. The smallest absolute Gasteiger partial charge is 0.0695 e. The van der Waals surface area contributed by atoms with Crippen LogP contribution in [-0.4, -0.2) is 35.2 Å². The molecule has 1 aliphatic heterocycles. The zero-order valence-corrected chi connectivity index (χ0v) is 10.2. The van der Waals surface area contributed by atoms with E-state index in [0.717, 1.165) is 18.3 Å². The number of likely N-dealkylation sites (tertiary alicyclic amines) is 1. The molecule has 0 aromatic rings. The molecule has 1 heterocycles. The van der Waals surface area contributed by atoms with Gasteiger partial charge in [0.05, 0.1) is 6.10 Å². The van der Waals surface area contributed by atoms with Gasteiger partial charge in [0.2, 0.25) is 0 Å². The SMILES string of the molecule is CC1CC(C)CN([C@H]2CCCC[C@@H]2O)C1. The van der Waals surface area contributed by atoms with Crippen LogP contribution >= 0.6 is 0 Å². The Morgan fingerprint density at radius 2 is 1.60 bits per heavy atom. The van der Waals surface area contributed by atoms with E-state index in [1.807, 2.05) is 0 Å². The fourth-order valence-corrected chi connectivity index (χ4v) is 3.50. The summed E-state index contributed by atoms with van der Waals surface area (Å²) in [4.78, 5) is 2.56. The molecule has 1 N–H and O–H groups in total. The van der Waals surface area contributed by atoms with Crippen molar-refractivity contribution in [1.29, 1.82) is 0 Å². The first-order valence-corrected chi connectivity index (χ1v) is 6.59. The van der Waals surface area contributed by atoms with Crippen LogP contribution in [0.1, 0.15) is 46.0 Å². The fraction of sp³-hybridized carbons (Fsp3) is 1.00. The van der Waals surface area contributed by atoms with Crippen molar-refractivity contribution in [3.8, 4) is 0 Å². The lowest BCUT2D eigenvalue weighted by Crippen LogP contribution is -2.51. The van der Waals surface area contributed by atoms with E-state index < -0.39 is 0 Å². The van der Waals surface area contributed by atoms with E-state index in [9.17, 15) is 5.11 Å². The fourth-order valence-electron chi connectivity index (χ4n) is 3.50. The average Bonchev–Trinajstić information content (AvgIpc) is 2.16. The molecule has 88 valence electrons. The summed E-state index contributed by atoms with van der Waals surface area (Å²) in [6.45, 7) is 7.09. The van der Waals surface area contributed by atoms with Gasteiger partial charge in [-0.15, -0.1) is 0 Å². The predicted octanol–water partition coefficient (Wildman–Crippen LogP) is 2.27. The van der Waals surface area contributed by atoms with E-state index in [1.54, 1.807) is 0 Å². The maximum Gasteiger partial charge on any atom is 0.0695 e. The standard InChI is InChI=1S/C13H25NO/c1-10-7-11(2)9-14(8-10)12-5-3-4-6-13(12)15/h10-13,15H,3-9H2,1-2H3/t10?,11?,12-,13-/m0/s1. The molecule has 2 rings (SSSR count). The molecule has 0 radical (unpaired) electrons. The molecular formula is C13H25NO. The molecular weight excluding hydrogens is 186 g/mol. The highest BCUT2D eigenvalue weighted by Gasteiger charge is 2.32. The number of aliphatic hydroxyl groups is 1. The van der Waals surface area contributed by atoms with Crippen LogP contribution in [0, 0.1) is 11.8 Å². The van der Waals surface area contributed by atoms with Crippen LogP contribution in [0.4, 0.5) is 0 Å². The van der Waals surface area contributed by atoms with Gasteiger partial charge in [-0.1, -0.05) is 26.7 Å². The second-order valence-electron chi connectivity index (χ2n) is 5.82. The molecule has 2 fully saturated rings. The van der Waals surface area contributed by atoms with Crippen molar-refractivity contribution in [2.45, 2.75) is 58.1 Å². The first kappa shape index (κ1) is 11.4. The van der Waals surface area contributed by atoms with Crippen molar-refractivity contribution in [1.82, 2.24) is 4.90 Å². The van der Waals surface area contributed by atoms with E-state index in [0.29, 0.717) is 6.04 Å². The van der Waals surface area contributed by atoms with Gasteiger partial charge in [-0.05, 0) is 31.1 Å². The molecule has 1 saturated heterocycles. The molecule has 2 nitrogen and oxygen atoms in total. The van der Waals surface area contributed by atoms with Crippen molar-refractivity contribution < 1.29 is 5.11 Å². The van der Waals surface area contributed by atoms with Gasteiger partial charge >= 0.3 is 0 Å². The van der Waals surface area contributed by atoms with E-state index in [-0.39, 0.29) is 6.10 Å². The molecule has 0 amide bonds. The minimum absolute atomic E-state index is 0.0590. The molecule has 2 aliphatic rings. The van der Waals surface area contributed by atoms with Crippen molar-refractivity contribution >= 4 is 0 Å². The second kappa shape index (κ2) is 4.84. The Labute approximate surface area is 93.7 Å². The minimum atomic E-state index is -0.0590. The Balaban J connectivity index is 1.95. The summed E-state index contributed by atoms with van der Waals surface area (Å²) >= 11 is 0. The molecule has 0 bridgehead atoms. The van der Waals surface area contributed by atoms with Crippen LogP contribution < -0.4 is 0 Å². The third-order valence-electron chi connectivity index (χ3n) is 4.06. The second-order valence-corrected chi connectivity index (χ2v) is 5.82. The molecule has 0 aromatic carbocycles. The van der Waals surface area contributed by atoms with Gasteiger partial charge in [0.1, 0.15) is 0 Å². The molecule has 2 heteroatoms. The van der Waals surface area contributed by atoms with E-state index in [2.05, 4.69) is 18.7 Å². The van der Waals surface area contributed by atoms with Gasteiger partial charge in [-0.2, -0.15) is 0 Å². The quantitative estimate of drug-likeness (QED) is 0.719. The summed E-state index contributed by atoms with van der Waals surface area (Å²) < 4.78 is 0. The zero-order chi connectivity index (χ0) is 10.8. The number of aliphatic hydroxyl groups excluding tert-OH is 1. The molecule has 1 aliphatic carbocycles. The van der Waals surface area contributed by atoms with Gasteiger partial charge < -0.3 is 5.11 Å². The van der Waals surface area contributed by atoms with Crippen LogP contribution in [0.25, 0.3) is 0 Å². The monoisotopic (exact) mass is 211 g/mol. The average molecular weight is 211 g/mol. The highest BCUT2D eigenvalue weighted by molar-refractivity contribution is 4.87. The first-order chi connectivity index (χ1) is 7.16. The van der Waals surface area contributed by atoms with Crippen molar-refractivity contribution in [3.05, 3.63) is 0 Å².